The molecule has 0 aromatic heterocycles. The summed E-state index contributed by atoms with van der Waals surface area (Å²) in [6, 6.07) is 11.1. The second-order valence-electron chi connectivity index (χ2n) is 5.56. The number of rotatable bonds is 4. The molecular formula is C18H17NO5. The molecule has 0 atom stereocenters. The van der Waals surface area contributed by atoms with E-state index in [1.807, 2.05) is 24.3 Å². The maximum Gasteiger partial charge on any atom is 0.231 e. The molecule has 1 N–H and O–H groups in total. The molecule has 24 heavy (non-hydrogen) atoms. The molecule has 124 valence electrons. The van der Waals surface area contributed by atoms with Crippen molar-refractivity contribution < 1.29 is 23.7 Å². The number of hydrogen-bond donors (Lipinski definition) is 1. The lowest BCUT2D eigenvalue weighted by Crippen LogP contribution is -2.16. The molecule has 2 aromatic carbocycles. The van der Waals surface area contributed by atoms with E-state index in [0.29, 0.717) is 43.2 Å². The number of amides is 1. The average Bonchev–Trinajstić information content (AvgIpc) is 3.09. The zero-order valence-electron chi connectivity index (χ0n) is 13.0. The molecule has 0 unspecified atom stereocenters. The number of hydrogen-bond acceptors (Lipinski definition) is 5. The summed E-state index contributed by atoms with van der Waals surface area (Å²) in [5, 5.41) is 2.88. The number of anilines is 1. The maximum atomic E-state index is 12.2. The van der Waals surface area contributed by atoms with Gasteiger partial charge in [-0.25, -0.2) is 0 Å². The Labute approximate surface area is 139 Å². The lowest BCUT2D eigenvalue weighted by molar-refractivity contribution is -0.116. The van der Waals surface area contributed by atoms with Gasteiger partial charge in [0.2, 0.25) is 12.7 Å². The highest BCUT2D eigenvalue weighted by Gasteiger charge is 2.18. The van der Waals surface area contributed by atoms with Crippen LogP contribution in [0.2, 0.25) is 0 Å². The van der Waals surface area contributed by atoms with Crippen molar-refractivity contribution in [3.63, 3.8) is 0 Å². The zero-order valence-corrected chi connectivity index (χ0v) is 13.0. The molecule has 2 aromatic rings. The second-order valence-corrected chi connectivity index (χ2v) is 5.56. The fourth-order valence-electron chi connectivity index (χ4n) is 2.78. The van der Waals surface area contributed by atoms with Crippen LogP contribution in [0.25, 0.3) is 0 Å². The minimum Gasteiger partial charge on any atom is -0.486 e. The van der Waals surface area contributed by atoms with E-state index in [1.54, 1.807) is 12.1 Å². The zero-order chi connectivity index (χ0) is 16.4. The van der Waals surface area contributed by atoms with Crippen LogP contribution in [-0.2, 0) is 11.2 Å². The predicted molar refractivity (Wildman–Crippen MR) is 86.9 cm³/mol. The van der Waals surface area contributed by atoms with Gasteiger partial charge in [0.1, 0.15) is 13.2 Å². The summed E-state index contributed by atoms with van der Waals surface area (Å²) in [6.45, 7) is 1.30. The highest BCUT2D eigenvalue weighted by molar-refractivity contribution is 5.91. The number of nitrogens with one attached hydrogen (secondary N) is 1. The van der Waals surface area contributed by atoms with Gasteiger partial charge >= 0.3 is 0 Å². The van der Waals surface area contributed by atoms with E-state index in [-0.39, 0.29) is 12.7 Å². The normalized spacial score (nSPS) is 14.3. The van der Waals surface area contributed by atoms with Gasteiger partial charge < -0.3 is 24.3 Å². The third-order valence-corrected chi connectivity index (χ3v) is 3.93. The molecule has 6 heteroatoms. The van der Waals surface area contributed by atoms with Gasteiger partial charge in [-0.3, -0.25) is 4.79 Å². The van der Waals surface area contributed by atoms with Gasteiger partial charge in [-0.1, -0.05) is 12.1 Å². The Balaban J connectivity index is 1.38. The predicted octanol–water partition coefficient (Wildman–Crippen LogP) is 2.76. The maximum absolute atomic E-state index is 12.2. The molecule has 2 heterocycles. The van der Waals surface area contributed by atoms with Gasteiger partial charge in [-0.2, -0.15) is 0 Å². The molecule has 0 bridgehead atoms. The number of carbonyl (C=O) groups is 1. The number of fused-ring (bicyclic) bond motifs is 2. The topological polar surface area (TPSA) is 66.0 Å². The Morgan fingerprint density at radius 1 is 0.958 bits per heavy atom. The van der Waals surface area contributed by atoms with E-state index in [2.05, 4.69) is 5.32 Å². The molecule has 2 aliphatic rings. The van der Waals surface area contributed by atoms with E-state index < -0.39 is 0 Å². The Hall–Kier alpha value is -2.89. The van der Waals surface area contributed by atoms with Crippen molar-refractivity contribution in [1.29, 1.82) is 0 Å². The minimum atomic E-state index is -0.0665. The van der Waals surface area contributed by atoms with E-state index in [9.17, 15) is 4.79 Å². The number of para-hydroxylation sites is 1. The van der Waals surface area contributed by atoms with Crippen LogP contribution in [0.15, 0.2) is 36.4 Å². The molecule has 6 nitrogen and oxygen atoms in total. The van der Waals surface area contributed by atoms with Gasteiger partial charge in [0, 0.05) is 18.2 Å². The number of aryl methyl sites for hydroxylation is 1. The number of benzene rings is 2. The van der Waals surface area contributed by atoms with Crippen LogP contribution in [0.1, 0.15) is 12.0 Å². The largest absolute Gasteiger partial charge is 0.486 e. The highest BCUT2D eigenvalue weighted by atomic mass is 16.7. The standard InChI is InChI=1S/C18H17NO5/c20-17(7-4-12-2-1-3-15-18(12)24-11-23-15)19-13-5-6-14-16(10-13)22-9-8-21-14/h1-3,5-6,10H,4,7-9,11H2,(H,19,20). The molecule has 0 saturated heterocycles. The van der Waals surface area contributed by atoms with Gasteiger partial charge in [0.05, 0.1) is 0 Å². The van der Waals surface area contributed by atoms with Crippen LogP contribution in [0.4, 0.5) is 5.69 Å². The van der Waals surface area contributed by atoms with Gasteiger partial charge in [-0.05, 0) is 30.2 Å². The monoisotopic (exact) mass is 327 g/mol. The molecule has 0 aliphatic carbocycles. The summed E-state index contributed by atoms with van der Waals surface area (Å²) < 4.78 is 21.8. The molecule has 0 spiro atoms. The van der Waals surface area contributed by atoms with E-state index in [4.69, 9.17) is 18.9 Å². The summed E-state index contributed by atoms with van der Waals surface area (Å²) in [5.41, 5.74) is 1.67. The van der Waals surface area contributed by atoms with E-state index >= 15 is 0 Å². The summed E-state index contributed by atoms with van der Waals surface area (Å²) in [4.78, 5) is 12.2. The minimum absolute atomic E-state index is 0.0665. The molecule has 0 fully saturated rings. The Kier molecular flexibility index (Phi) is 3.86. The van der Waals surface area contributed by atoms with Crippen LogP contribution in [0.3, 0.4) is 0 Å². The van der Waals surface area contributed by atoms with Crippen molar-refractivity contribution in [3.05, 3.63) is 42.0 Å². The summed E-state index contributed by atoms with van der Waals surface area (Å²) in [5.74, 6) is 2.77. The van der Waals surface area contributed by atoms with Crippen LogP contribution in [0, 0.1) is 0 Å². The van der Waals surface area contributed by atoms with Gasteiger partial charge in [0.15, 0.2) is 23.0 Å². The first kappa shape index (κ1) is 14.7. The fraction of sp³-hybridized carbons (Fsp3) is 0.278. The SMILES string of the molecule is O=C(CCc1cccc2c1OCO2)Nc1ccc2c(c1)OCCO2. The lowest BCUT2D eigenvalue weighted by Gasteiger charge is -2.19. The smallest absolute Gasteiger partial charge is 0.231 e. The van der Waals surface area contributed by atoms with Crippen LogP contribution >= 0.6 is 0 Å². The summed E-state index contributed by atoms with van der Waals surface area (Å²) in [7, 11) is 0. The van der Waals surface area contributed by atoms with Gasteiger partial charge in [-0.15, -0.1) is 0 Å². The molecule has 1 amide bonds. The van der Waals surface area contributed by atoms with Crippen molar-refractivity contribution in [2.45, 2.75) is 12.8 Å². The van der Waals surface area contributed by atoms with Crippen LogP contribution in [0.5, 0.6) is 23.0 Å². The number of ether oxygens (including phenoxy) is 4. The van der Waals surface area contributed by atoms with Crippen molar-refractivity contribution in [2.24, 2.45) is 0 Å². The fourth-order valence-corrected chi connectivity index (χ4v) is 2.78. The molecule has 0 radical (unpaired) electrons. The first-order valence-corrected chi connectivity index (χ1v) is 7.86. The Morgan fingerprint density at radius 2 is 1.83 bits per heavy atom. The third-order valence-electron chi connectivity index (χ3n) is 3.93. The second kappa shape index (κ2) is 6.31. The van der Waals surface area contributed by atoms with Crippen molar-refractivity contribution in [3.8, 4) is 23.0 Å². The first-order chi connectivity index (χ1) is 11.8. The number of carbonyl (C=O) groups excluding carboxylic acids is 1. The molecular weight excluding hydrogens is 310 g/mol. The lowest BCUT2D eigenvalue weighted by atomic mass is 10.1. The first-order valence-electron chi connectivity index (χ1n) is 7.86. The van der Waals surface area contributed by atoms with Crippen molar-refractivity contribution >= 4 is 11.6 Å². The average molecular weight is 327 g/mol. The summed E-state index contributed by atoms with van der Waals surface area (Å²) >= 11 is 0. The van der Waals surface area contributed by atoms with Crippen LogP contribution < -0.4 is 24.3 Å². The third kappa shape index (κ3) is 2.95. The van der Waals surface area contributed by atoms with Crippen molar-refractivity contribution in [2.75, 3.05) is 25.3 Å². The molecule has 2 aliphatic heterocycles. The van der Waals surface area contributed by atoms with Crippen molar-refractivity contribution in [1.82, 2.24) is 0 Å². The highest BCUT2D eigenvalue weighted by Crippen LogP contribution is 2.36. The van der Waals surface area contributed by atoms with E-state index in [1.165, 1.54) is 0 Å². The Morgan fingerprint density at radius 3 is 2.75 bits per heavy atom. The molecule has 0 saturated carbocycles. The van der Waals surface area contributed by atoms with E-state index in [0.717, 1.165) is 17.1 Å². The summed E-state index contributed by atoms with van der Waals surface area (Å²) in [6.07, 6.45) is 0.942. The molecule has 4 rings (SSSR count). The van der Waals surface area contributed by atoms with Crippen LogP contribution in [-0.4, -0.2) is 25.9 Å². The Bertz CT molecular complexity index is 774. The van der Waals surface area contributed by atoms with Gasteiger partial charge in [0.25, 0.3) is 0 Å². The quantitative estimate of drug-likeness (QED) is 0.935.